The summed E-state index contributed by atoms with van der Waals surface area (Å²) in [6.45, 7) is 0. The van der Waals surface area contributed by atoms with Crippen molar-refractivity contribution < 1.29 is 9.59 Å². The van der Waals surface area contributed by atoms with Crippen LogP contribution < -0.4 is 16.6 Å². The van der Waals surface area contributed by atoms with E-state index < -0.39 is 11.9 Å². The van der Waals surface area contributed by atoms with Gasteiger partial charge in [-0.25, -0.2) is 10.2 Å². The van der Waals surface area contributed by atoms with E-state index in [-0.39, 0.29) is 10.6 Å². The number of amides is 3. The van der Waals surface area contributed by atoms with Crippen LogP contribution in [0.2, 0.25) is 10.0 Å². The second kappa shape index (κ2) is 4.86. The van der Waals surface area contributed by atoms with Gasteiger partial charge >= 0.3 is 6.03 Å². The Bertz CT molecular complexity index is 409. The summed E-state index contributed by atoms with van der Waals surface area (Å²) in [5.41, 5.74) is 8.90. The molecule has 1 rings (SSSR count). The minimum absolute atomic E-state index is 0.151. The summed E-state index contributed by atoms with van der Waals surface area (Å²) in [5, 5.41) is 0.590. The minimum atomic E-state index is -0.874. The Kier molecular flexibility index (Phi) is 3.76. The van der Waals surface area contributed by atoms with Gasteiger partial charge in [0.05, 0.1) is 10.6 Å². The summed E-state index contributed by atoms with van der Waals surface area (Å²) in [7, 11) is 0. The van der Waals surface area contributed by atoms with Gasteiger partial charge in [-0.3, -0.25) is 10.2 Å². The van der Waals surface area contributed by atoms with Gasteiger partial charge in [-0.1, -0.05) is 23.2 Å². The van der Waals surface area contributed by atoms with E-state index in [9.17, 15) is 9.59 Å². The smallest absolute Gasteiger partial charge is 0.330 e. The molecule has 0 aliphatic rings. The van der Waals surface area contributed by atoms with Gasteiger partial charge < -0.3 is 5.73 Å². The normalized spacial score (nSPS) is 9.47. The van der Waals surface area contributed by atoms with Crippen LogP contribution in [-0.2, 0) is 0 Å². The van der Waals surface area contributed by atoms with Crippen LogP contribution in [0, 0.1) is 0 Å². The summed E-state index contributed by atoms with van der Waals surface area (Å²) < 4.78 is 0. The number of carbonyl (C=O) groups excluding carboxylic acids is 2. The predicted molar refractivity (Wildman–Crippen MR) is 56.6 cm³/mol. The maximum absolute atomic E-state index is 11.4. The van der Waals surface area contributed by atoms with Gasteiger partial charge in [-0.05, 0) is 18.2 Å². The second-order valence-corrected chi connectivity index (χ2v) is 3.41. The first-order valence-corrected chi connectivity index (χ1v) is 4.57. The lowest BCUT2D eigenvalue weighted by atomic mass is 10.2. The number of nitrogens with one attached hydrogen (secondary N) is 2. The number of urea groups is 1. The minimum Gasteiger partial charge on any atom is -0.350 e. The number of primary amides is 1. The van der Waals surface area contributed by atoms with Crippen LogP contribution in [0.25, 0.3) is 0 Å². The number of rotatable bonds is 1. The van der Waals surface area contributed by atoms with E-state index in [1.165, 1.54) is 12.1 Å². The lowest BCUT2D eigenvalue weighted by molar-refractivity contribution is 0.0937. The molecule has 0 unspecified atom stereocenters. The van der Waals surface area contributed by atoms with Gasteiger partial charge in [0.25, 0.3) is 5.91 Å². The molecule has 0 aromatic heterocycles. The van der Waals surface area contributed by atoms with Gasteiger partial charge in [0, 0.05) is 5.02 Å². The molecule has 1 aromatic rings. The quantitative estimate of drug-likeness (QED) is 0.654. The molecule has 0 saturated carbocycles. The first-order chi connectivity index (χ1) is 7.00. The topological polar surface area (TPSA) is 84.2 Å². The zero-order chi connectivity index (χ0) is 11.4. The number of benzene rings is 1. The van der Waals surface area contributed by atoms with Gasteiger partial charge in [-0.15, -0.1) is 0 Å². The van der Waals surface area contributed by atoms with Crippen LogP contribution >= 0.6 is 23.2 Å². The summed E-state index contributed by atoms with van der Waals surface area (Å²) in [4.78, 5) is 21.7. The third-order valence-corrected chi connectivity index (χ3v) is 2.04. The Balaban J connectivity index is 2.81. The van der Waals surface area contributed by atoms with E-state index in [0.29, 0.717) is 5.02 Å². The Morgan fingerprint density at radius 1 is 1.20 bits per heavy atom. The van der Waals surface area contributed by atoms with Crippen molar-refractivity contribution in [2.45, 2.75) is 0 Å². The van der Waals surface area contributed by atoms with Crippen LogP contribution in [0.4, 0.5) is 4.79 Å². The molecule has 3 amide bonds. The van der Waals surface area contributed by atoms with Gasteiger partial charge in [0.2, 0.25) is 0 Å². The number of hydrogen-bond donors (Lipinski definition) is 3. The van der Waals surface area contributed by atoms with E-state index in [1.807, 2.05) is 5.43 Å². The summed E-state index contributed by atoms with van der Waals surface area (Å²) in [6.07, 6.45) is 0. The SMILES string of the molecule is NC(=O)NNC(=O)c1cc(Cl)ccc1Cl. The average Bonchev–Trinajstić information content (AvgIpc) is 2.18. The predicted octanol–water partition coefficient (Wildman–Crippen LogP) is 1.31. The Morgan fingerprint density at radius 3 is 2.47 bits per heavy atom. The van der Waals surface area contributed by atoms with Crippen molar-refractivity contribution in [3.05, 3.63) is 33.8 Å². The molecular formula is C8H7Cl2N3O2. The highest BCUT2D eigenvalue weighted by molar-refractivity contribution is 6.35. The fraction of sp³-hybridized carbons (Fsp3) is 0. The molecule has 4 N–H and O–H groups in total. The van der Waals surface area contributed by atoms with Crippen molar-refractivity contribution >= 4 is 35.1 Å². The van der Waals surface area contributed by atoms with E-state index in [1.54, 1.807) is 6.07 Å². The lowest BCUT2D eigenvalue weighted by Gasteiger charge is -2.06. The number of nitrogens with two attached hydrogens (primary N) is 1. The van der Waals surface area contributed by atoms with E-state index >= 15 is 0 Å². The number of halogens is 2. The molecule has 5 nitrogen and oxygen atoms in total. The molecule has 15 heavy (non-hydrogen) atoms. The zero-order valence-electron chi connectivity index (χ0n) is 7.38. The molecule has 0 aliphatic heterocycles. The molecular weight excluding hydrogens is 241 g/mol. The number of hydrazine groups is 1. The van der Waals surface area contributed by atoms with Gasteiger partial charge in [-0.2, -0.15) is 0 Å². The Hall–Kier alpha value is -1.46. The molecule has 80 valence electrons. The lowest BCUT2D eigenvalue weighted by Crippen LogP contribution is -2.44. The van der Waals surface area contributed by atoms with Crippen LogP contribution in [-0.4, -0.2) is 11.9 Å². The van der Waals surface area contributed by atoms with Crippen molar-refractivity contribution in [3.63, 3.8) is 0 Å². The van der Waals surface area contributed by atoms with Crippen LogP contribution in [0.15, 0.2) is 18.2 Å². The first kappa shape index (κ1) is 11.6. The van der Waals surface area contributed by atoms with E-state index in [4.69, 9.17) is 28.9 Å². The Labute approximate surface area is 95.5 Å². The molecule has 0 atom stereocenters. The first-order valence-electron chi connectivity index (χ1n) is 3.81. The van der Waals surface area contributed by atoms with Crippen molar-refractivity contribution in [2.24, 2.45) is 5.73 Å². The van der Waals surface area contributed by atoms with Gasteiger partial charge in [0.1, 0.15) is 0 Å². The summed E-state index contributed by atoms with van der Waals surface area (Å²) in [6, 6.07) is 3.52. The molecule has 7 heteroatoms. The average molecular weight is 248 g/mol. The van der Waals surface area contributed by atoms with Crippen molar-refractivity contribution in [1.29, 1.82) is 0 Å². The van der Waals surface area contributed by atoms with Crippen molar-refractivity contribution in [1.82, 2.24) is 10.9 Å². The van der Waals surface area contributed by atoms with Crippen molar-refractivity contribution in [3.8, 4) is 0 Å². The largest absolute Gasteiger partial charge is 0.350 e. The monoisotopic (exact) mass is 247 g/mol. The molecule has 1 aromatic carbocycles. The molecule has 0 fully saturated rings. The summed E-state index contributed by atoms with van der Waals surface area (Å²) >= 11 is 11.4. The van der Waals surface area contributed by atoms with Crippen LogP contribution in [0.1, 0.15) is 10.4 Å². The van der Waals surface area contributed by atoms with Gasteiger partial charge in [0.15, 0.2) is 0 Å². The van der Waals surface area contributed by atoms with E-state index in [0.717, 1.165) is 0 Å². The fourth-order valence-electron chi connectivity index (χ4n) is 0.857. The van der Waals surface area contributed by atoms with E-state index in [2.05, 4.69) is 5.43 Å². The highest BCUT2D eigenvalue weighted by Crippen LogP contribution is 2.20. The molecule has 0 heterocycles. The maximum atomic E-state index is 11.4. The standard InChI is InChI=1S/C8H7Cl2N3O2/c9-4-1-2-6(10)5(3-4)7(14)12-13-8(11)15/h1-3H,(H,12,14)(H3,11,13,15). The number of carbonyl (C=O) groups is 2. The molecule has 0 radical (unpaired) electrons. The molecule has 0 bridgehead atoms. The fourth-order valence-corrected chi connectivity index (χ4v) is 1.23. The van der Waals surface area contributed by atoms with Crippen LogP contribution in [0.5, 0.6) is 0 Å². The highest BCUT2D eigenvalue weighted by Gasteiger charge is 2.10. The van der Waals surface area contributed by atoms with Crippen molar-refractivity contribution in [2.75, 3.05) is 0 Å². The second-order valence-electron chi connectivity index (χ2n) is 2.57. The van der Waals surface area contributed by atoms with Crippen LogP contribution in [0.3, 0.4) is 0 Å². The maximum Gasteiger partial charge on any atom is 0.330 e. The molecule has 0 spiro atoms. The third kappa shape index (κ3) is 3.30. The number of hydrogen-bond acceptors (Lipinski definition) is 2. The molecule has 0 saturated heterocycles. The zero-order valence-corrected chi connectivity index (χ0v) is 8.89. The Morgan fingerprint density at radius 2 is 1.87 bits per heavy atom. The highest BCUT2D eigenvalue weighted by atomic mass is 35.5. The third-order valence-electron chi connectivity index (χ3n) is 1.47. The summed E-state index contributed by atoms with van der Waals surface area (Å²) in [5.74, 6) is -0.596. The molecule has 0 aliphatic carbocycles.